The lowest BCUT2D eigenvalue weighted by molar-refractivity contribution is 0.0943. The van der Waals surface area contributed by atoms with Crippen LogP contribution in [0.2, 0.25) is 0 Å². The number of hydrogen-bond acceptors (Lipinski definition) is 5. The average Bonchev–Trinajstić information content (AvgIpc) is 2.89. The molecule has 106 valence electrons. The minimum Gasteiger partial charge on any atom is -0.507 e. The zero-order chi connectivity index (χ0) is 15.3. The lowest BCUT2D eigenvalue weighted by atomic mass is 9.88. The van der Waals surface area contributed by atoms with Crippen LogP contribution in [0.5, 0.6) is 5.75 Å². The van der Waals surface area contributed by atoms with E-state index in [1.54, 1.807) is 13.8 Å². The Hall–Kier alpha value is -2.27. The van der Waals surface area contributed by atoms with Crippen molar-refractivity contribution >= 4 is 28.7 Å². The van der Waals surface area contributed by atoms with Crippen molar-refractivity contribution in [2.45, 2.75) is 13.8 Å². The van der Waals surface area contributed by atoms with E-state index in [9.17, 15) is 19.5 Å². The van der Waals surface area contributed by atoms with Gasteiger partial charge in [-0.25, -0.2) is 0 Å². The molecule has 0 spiro atoms. The van der Waals surface area contributed by atoms with E-state index >= 15 is 0 Å². The molecule has 5 heteroatoms. The molecule has 1 heterocycles. The molecule has 2 aromatic rings. The van der Waals surface area contributed by atoms with Crippen LogP contribution in [0.1, 0.15) is 54.7 Å². The van der Waals surface area contributed by atoms with Gasteiger partial charge in [-0.05, 0) is 12.1 Å². The highest BCUT2D eigenvalue weighted by molar-refractivity contribution is 7.16. The number of benzene rings is 1. The number of phenolic OH excluding ortho intramolecular Hbond substituents is 1. The zero-order valence-corrected chi connectivity index (χ0v) is 12.3. The van der Waals surface area contributed by atoms with Gasteiger partial charge >= 0.3 is 0 Å². The molecule has 1 aliphatic carbocycles. The summed E-state index contributed by atoms with van der Waals surface area (Å²) in [6, 6.07) is 5.91. The van der Waals surface area contributed by atoms with E-state index < -0.39 is 5.78 Å². The molecule has 0 radical (unpaired) electrons. The first-order valence-corrected chi connectivity index (χ1v) is 7.33. The van der Waals surface area contributed by atoms with E-state index in [1.165, 1.54) is 24.3 Å². The van der Waals surface area contributed by atoms with Gasteiger partial charge in [0.1, 0.15) is 5.75 Å². The smallest absolute Gasteiger partial charge is 0.208 e. The van der Waals surface area contributed by atoms with E-state index in [0.29, 0.717) is 4.88 Å². The van der Waals surface area contributed by atoms with Gasteiger partial charge in [-0.15, -0.1) is 11.3 Å². The Bertz CT molecular complexity index is 799. The number of fused-ring (bicyclic) bond motifs is 2. The predicted molar refractivity (Wildman–Crippen MR) is 78.5 cm³/mol. The van der Waals surface area contributed by atoms with Crippen molar-refractivity contribution in [2.24, 2.45) is 5.92 Å². The molecule has 0 saturated heterocycles. The fourth-order valence-corrected chi connectivity index (χ4v) is 3.55. The third kappa shape index (κ3) is 1.93. The van der Waals surface area contributed by atoms with E-state index in [-0.39, 0.29) is 44.8 Å². The molecule has 0 saturated carbocycles. The number of aromatic hydroxyl groups is 1. The van der Waals surface area contributed by atoms with Crippen molar-refractivity contribution in [3.63, 3.8) is 0 Å². The summed E-state index contributed by atoms with van der Waals surface area (Å²) in [6.45, 7) is 3.54. The normalized spacial score (nSPS) is 13.3. The van der Waals surface area contributed by atoms with Crippen molar-refractivity contribution in [3.05, 3.63) is 50.7 Å². The molecule has 1 aromatic heterocycles. The molecular formula is C16H12O4S. The first-order valence-electron chi connectivity index (χ1n) is 6.51. The number of carbonyl (C=O) groups excluding carboxylic acids is 3. The molecule has 3 rings (SSSR count). The fraction of sp³-hybridized carbons (Fsp3) is 0.188. The maximum atomic E-state index is 12.5. The molecule has 21 heavy (non-hydrogen) atoms. The van der Waals surface area contributed by atoms with E-state index in [1.807, 2.05) is 0 Å². The molecule has 0 aliphatic heterocycles. The Morgan fingerprint density at radius 3 is 2.52 bits per heavy atom. The molecule has 0 atom stereocenters. The van der Waals surface area contributed by atoms with Crippen LogP contribution in [0, 0.1) is 5.92 Å². The van der Waals surface area contributed by atoms with Crippen molar-refractivity contribution < 1.29 is 19.5 Å². The van der Waals surface area contributed by atoms with Gasteiger partial charge in [0, 0.05) is 17.0 Å². The van der Waals surface area contributed by atoms with Crippen molar-refractivity contribution in [1.82, 2.24) is 0 Å². The number of ketones is 3. The monoisotopic (exact) mass is 300 g/mol. The quantitative estimate of drug-likeness (QED) is 0.738. The van der Waals surface area contributed by atoms with Crippen molar-refractivity contribution in [2.75, 3.05) is 0 Å². The van der Waals surface area contributed by atoms with Gasteiger partial charge in [-0.3, -0.25) is 14.4 Å². The molecule has 1 aliphatic rings. The molecule has 0 unspecified atom stereocenters. The number of rotatable bonds is 2. The highest BCUT2D eigenvalue weighted by Crippen LogP contribution is 2.37. The van der Waals surface area contributed by atoms with Crippen LogP contribution in [0.25, 0.3) is 0 Å². The minimum absolute atomic E-state index is 0.0281. The third-order valence-electron chi connectivity index (χ3n) is 3.46. The Balaban J connectivity index is 2.20. The third-order valence-corrected chi connectivity index (χ3v) is 4.61. The summed E-state index contributed by atoms with van der Waals surface area (Å²) < 4.78 is 0. The highest BCUT2D eigenvalue weighted by atomic mass is 32.1. The summed E-state index contributed by atoms with van der Waals surface area (Å²) in [6.07, 6.45) is 0. The van der Waals surface area contributed by atoms with E-state index in [4.69, 9.17) is 0 Å². The number of hydrogen-bond donors (Lipinski definition) is 1. The second-order valence-corrected chi connectivity index (χ2v) is 6.28. The van der Waals surface area contributed by atoms with Crippen LogP contribution in [-0.2, 0) is 0 Å². The van der Waals surface area contributed by atoms with Crippen LogP contribution in [0.4, 0.5) is 0 Å². The molecule has 0 bridgehead atoms. The molecule has 1 N–H and O–H groups in total. The standard InChI is InChI=1S/C16H12O4S/c1-7(2)13(18)11-6-9-14(19)8-4-3-5-10(17)12(8)15(20)16(9)21-11/h3-7,17H,1-2H3. The maximum absolute atomic E-state index is 12.5. The summed E-state index contributed by atoms with van der Waals surface area (Å²) in [4.78, 5) is 37.6. The molecule has 4 nitrogen and oxygen atoms in total. The van der Waals surface area contributed by atoms with Crippen molar-refractivity contribution in [1.29, 1.82) is 0 Å². The zero-order valence-electron chi connectivity index (χ0n) is 11.5. The number of Topliss-reactive ketones (excluding diaryl/α,β-unsaturated/α-hetero) is 1. The van der Waals surface area contributed by atoms with Crippen molar-refractivity contribution in [3.8, 4) is 5.75 Å². The summed E-state index contributed by atoms with van der Waals surface area (Å²) in [5.74, 6) is -1.23. The second kappa shape index (κ2) is 4.63. The predicted octanol–water partition coefficient (Wildman–Crippen LogP) is 3.07. The molecule has 0 fully saturated rings. The molecule has 0 amide bonds. The topological polar surface area (TPSA) is 71.4 Å². The van der Waals surface area contributed by atoms with Gasteiger partial charge < -0.3 is 5.11 Å². The first-order chi connectivity index (χ1) is 9.91. The van der Waals surface area contributed by atoms with Crippen LogP contribution >= 0.6 is 11.3 Å². The van der Waals surface area contributed by atoms with Crippen LogP contribution in [0.3, 0.4) is 0 Å². The van der Waals surface area contributed by atoms with Gasteiger partial charge in [-0.1, -0.05) is 26.0 Å². The van der Waals surface area contributed by atoms with Gasteiger partial charge in [-0.2, -0.15) is 0 Å². The lowest BCUT2D eigenvalue weighted by Gasteiger charge is -2.14. The fourth-order valence-electron chi connectivity index (χ4n) is 2.36. The molecule has 1 aromatic carbocycles. The highest BCUT2D eigenvalue weighted by Gasteiger charge is 2.34. The number of carbonyl (C=O) groups is 3. The Morgan fingerprint density at radius 2 is 1.86 bits per heavy atom. The lowest BCUT2D eigenvalue weighted by Crippen LogP contribution is -2.18. The Labute approximate surface area is 125 Å². The first kappa shape index (κ1) is 13.7. The summed E-state index contributed by atoms with van der Waals surface area (Å²) >= 11 is 1.02. The van der Waals surface area contributed by atoms with E-state index in [2.05, 4.69) is 0 Å². The van der Waals surface area contributed by atoms with Gasteiger partial charge in [0.15, 0.2) is 11.6 Å². The number of phenols is 1. The van der Waals surface area contributed by atoms with E-state index in [0.717, 1.165) is 11.3 Å². The number of thiophene rings is 1. The summed E-state index contributed by atoms with van der Waals surface area (Å²) in [5, 5.41) is 9.84. The van der Waals surface area contributed by atoms with Crippen LogP contribution < -0.4 is 0 Å². The van der Waals surface area contributed by atoms with Gasteiger partial charge in [0.2, 0.25) is 5.78 Å². The van der Waals surface area contributed by atoms with Crippen LogP contribution in [0.15, 0.2) is 24.3 Å². The summed E-state index contributed by atoms with van der Waals surface area (Å²) in [7, 11) is 0. The Morgan fingerprint density at radius 1 is 1.14 bits per heavy atom. The SMILES string of the molecule is CC(C)C(=O)c1cc2c(s1)C(=O)c1c(O)cccc1C2=O. The second-order valence-electron chi connectivity index (χ2n) is 5.23. The maximum Gasteiger partial charge on any atom is 0.208 e. The Kier molecular flexibility index (Phi) is 3.02. The van der Waals surface area contributed by atoms with Crippen LogP contribution in [-0.4, -0.2) is 22.5 Å². The minimum atomic E-state index is -0.398. The summed E-state index contributed by atoms with van der Waals surface area (Å²) in [5.41, 5.74) is 0.473. The average molecular weight is 300 g/mol. The van der Waals surface area contributed by atoms with Gasteiger partial charge in [0.25, 0.3) is 0 Å². The molecular weight excluding hydrogens is 288 g/mol. The van der Waals surface area contributed by atoms with Gasteiger partial charge in [0.05, 0.1) is 15.3 Å². The largest absolute Gasteiger partial charge is 0.507 e.